The van der Waals surface area contributed by atoms with E-state index in [1.54, 1.807) is 42.5 Å². The van der Waals surface area contributed by atoms with E-state index in [1.165, 1.54) is 29.7 Å². The van der Waals surface area contributed by atoms with Crippen molar-refractivity contribution in [2.45, 2.75) is 44.9 Å². The van der Waals surface area contributed by atoms with E-state index < -0.39 is 17.9 Å². The molecular formula is C27H25ClFN3O5. The Bertz CT molecular complexity index is 1440. The van der Waals surface area contributed by atoms with E-state index in [9.17, 15) is 23.7 Å². The molecule has 0 bridgehead atoms. The summed E-state index contributed by atoms with van der Waals surface area (Å²) in [7, 11) is 1.26. The van der Waals surface area contributed by atoms with Crippen molar-refractivity contribution in [3.63, 3.8) is 0 Å². The molecular weight excluding hydrogens is 501 g/mol. The molecule has 2 fully saturated rings. The number of carbonyl (C=O) groups excluding carboxylic acids is 4. The summed E-state index contributed by atoms with van der Waals surface area (Å²) in [4.78, 5) is 52.8. The number of methoxy groups -OCH3 is 1. The normalized spacial score (nSPS) is 20.0. The smallest absolute Gasteiger partial charge is 0.340 e. The second kappa shape index (κ2) is 9.63. The van der Waals surface area contributed by atoms with Crippen LogP contribution in [0.3, 0.4) is 0 Å². The first-order valence-corrected chi connectivity index (χ1v) is 12.3. The molecule has 0 radical (unpaired) electrons. The molecule has 1 aliphatic heterocycles. The minimum absolute atomic E-state index is 0.129. The predicted octanol–water partition coefficient (Wildman–Crippen LogP) is 4.19. The molecule has 0 unspecified atom stereocenters. The minimum Gasteiger partial charge on any atom is -0.465 e. The van der Waals surface area contributed by atoms with Crippen LogP contribution in [0.1, 0.15) is 46.0 Å². The van der Waals surface area contributed by atoms with Crippen molar-refractivity contribution in [2.75, 3.05) is 7.11 Å². The summed E-state index contributed by atoms with van der Waals surface area (Å²) >= 11 is 5.97. The highest BCUT2D eigenvalue weighted by Gasteiger charge is 2.56. The van der Waals surface area contributed by atoms with E-state index in [4.69, 9.17) is 16.3 Å². The van der Waals surface area contributed by atoms with Crippen LogP contribution in [-0.4, -0.2) is 57.3 Å². The van der Waals surface area contributed by atoms with Crippen LogP contribution in [0.15, 0.2) is 48.7 Å². The fraction of sp³-hybridized carbons (Fsp3) is 0.333. The molecule has 3 atom stereocenters. The van der Waals surface area contributed by atoms with Gasteiger partial charge < -0.3 is 14.2 Å². The molecule has 2 heterocycles. The average Bonchev–Trinajstić information content (AvgIpc) is 3.37. The van der Waals surface area contributed by atoms with Crippen LogP contribution >= 0.6 is 11.6 Å². The van der Waals surface area contributed by atoms with Gasteiger partial charge in [0.2, 0.25) is 5.91 Å². The molecule has 1 saturated carbocycles. The van der Waals surface area contributed by atoms with E-state index in [2.05, 4.69) is 0 Å². The van der Waals surface area contributed by atoms with E-state index in [1.807, 2.05) is 0 Å². The van der Waals surface area contributed by atoms with Gasteiger partial charge in [0.25, 0.3) is 5.91 Å². The summed E-state index contributed by atoms with van der Waals surface area (Å²) in [6.45, 7) is 0.913. The highest BCUT2D eigenvalue weighted by atomic mass is 35.5. The number of benzene rings is 2. The molecule has 2 amide bonds. The number of aromatic nitrogens is 1. The summed E-state index contributed by atoms with van der Waals surface area (Å²) in [6.07, 6.45) is 2.69. The van der Waals surface area contributed by atoms with Crippen LogP contribution in [0.25, 0.3) is 10.9 Å². The Balaban J connectivity index is 1.41. The SMILES string of the molecule is COC(=O)c1cccc2c(C(C)=O)cn(CC(=O)N3[C@@H]4C[C@@H]4C[C@H]3C(=O)N(F)Cc3cccc(Cl)c3)c12. The fourth-order valence-electron chi connectivity index (χ4n) is 5.34. The number of para-hydroxylation sites is 1. The predicted molar refractivity (Wildman–Crippen MR) is 134 cm³/mol. The molecule has 0 spiro atoms. The lowest BCUT2D eigenvalue weighted by Crippen LogP contribution is -2.48. The van der Waals surface area contributed by atoms with Crippen LogP contribution in [0, 0.1) is 5.92 Å². The van der Waals surface area contributed by atoms with Gasteiger partial charge >= 0.3 is 5.97 Å². The monoisotopic (exact) mass is 525 g/mol. The molecule has 1 aromatic heterocycles. The minimum atomic E-state index is -0.922. The third kappa shape index (κ3) is 4.59. The van der Waals surface area contributed by atoms with Crippen LogP contribution in [0.4, 0.5) is 4.48 Å². The van der Waals surface area contributed by atoms with Crippen molar-refractivity contribution in [2.24, 2.45) is 5.92 Å². The number of amides is 2. The second-order valence-corrected chi connectivity index (χ2v) is 9.96. The van der Waals surface area contributed by atoms with Crippen LogP contribution in [-0.2, 0) is 27.4 Å². The standard InChI is InChI=1S/C27H25ClFN3O5/c1-15(33)21-13-30(25-19(21)7-4-8-20(25)27(36)37-2)14-24(34)32-22-10-17(22)11-23(32)26(35)31(29)12-16-5-3-6-18(28)9-16/h3-9,13,17,22-23H,10-12,14H2,1-2H3/t17-,22-,23+/m1/s1. The Kier molecular flexibility index (Phi) is 6.49. The molecule has 5 rings (SSSR count). The number of fused-ring (bicyclic) bond motifs is 2. The number of likely N-dealkylation sites (tertiary alicyclic amines) is 1. The molecule has 2 aromatic carbocycles. The Hall–Kier alpha value is -3.72. The van der Waals surface area contributed by atoms with Crippen LogP contribution in [0.5, 0.6) is 0 Å². The first-order chi connectivity index (χ1) is 17.7. The number of nitrogens with zero attached hydrogens (tertiary/aromatic N) is 3. The number of piperidine rings is 1. The highest BCUT2D eigenvalue weighted by molar-refractivity contribution is 6.30. The largest absolute Gasteiger partial charge is 0.465 e. The molecule has 192 valence electrons. The number of hydrogen-bond donors (Lipinski definition) is 0. The maximum atomic E-state index is 15.0. The number of Topliss-reactive ketones (excluding diaryl/α,β-unsaturated/α-hetero) is 1. The molecule has 8 nitrogen and oxygen atoms in total. The van der Waals surface area contributed by atoms with Gasteiger partial charge in [-0.2, -0.15) is 5.12 Å². The Labute approximate surface area is 217 Å². The maximum Gasteiger partial charge on any atom is 0.340 e. The number of ether oxygens (including phenoxy) is 1. The summed E-state index contributed by atoms with van der Waals surface area (Å²) in [5.74, 6) is -1.83. The van der Waals surface area contributed by atoms with Crippen molar-refractivity contribution in [1.82, 2.24) is 14.6 Å². The van der Waals surface area contributed by atoms with Crippen LogP contribution < -0.4 is 0 Å². The summed E-state index contributed by atoms with van der Waals surface area (Å²) < 4.78 is 21.4. The number of carbonyl (C=O) groups is 4. The van der Waals surface area contributed by atoms with Gasteiger partial charge in [0, 0.05) is 28.2 Å². The molecule has 1 aliphatic carbocycles. The molecule has 1 saturated heterocycles. The van der Waals surface area contributed by atoms with Crippen LogP contribution in [0.2, 0.25) is 5.02 Å². The lowest BCUT2D eigenvalue weighted by Gasteiger charge is -2.28. The van der Waals surface area contributed by atoms with Crippen molar-refractivity contribution in [3.8, 4) is 0 Å². The quantitative estimate of drug-likeness (QED) is 0.262. The number of esters is 1. The Morgan fingerprint density at radius 2 is 1.86 bits per heavy atom. The third-order valence-corrected chi connectivity index (χ3v) is 7.35. The van der Waals surface area contributed by atoms with E-state index in [0.29, 0.717) is 33.5 Å². The zero-order valence-corrected chi connectivity index (χ0v) is 21.1. The molecule has 37 heavy (non-hydrogen) atoms. The summed E-state index contributed by atoms with van der Waals surface area (Å²) in [5.41, 5.74) is 1.52. The van der Waals surface area contributed by atoms with Gasteiger partial charge in [-0.1, -0.05) is 40.3 Å². The van der Waals surface area contributed by atoms with Crippen molar-refractivity contribution in [3.05, 3.63) is 70.4 Å². The highest BCUT2D eigenvalue weighted by Crippen LogP contribution is 2.48. The van der Waals surface area contributed by atoms with Crippen molar-refractivity contribution < 1.29 is 28.4 Å². The second-order valence-electron chi connectivity index (χ2n) is 9.52. The number of hydrogen-bond acceptors (Lipinski definition) is 5. The zero-order chi connectivity index (χ0) is 26.4. The van der Waals surface area contributed by atoms with E-state index in [0.717, 1.165) is 6.42 Å². The summed E-state index contributed by atoms with van der Waals surface area (Å²) in [6, 6.07) is 10.5. The lowest BCUT2D eigenvalue weighted by molar-refractivity contribution is -0.157. The molecule has 2 aliphatic rings. The average molecular weight is 526 g/mol. The first kappa shape index (κ1) is 25.0. The van der Waals surface area contributed by atoms with Gasteiger partial charge in [-0.15, -0.1) is 0 Å². The first-order valence-electron chi connectivity index (χ1n) is 11.9. The van der Waals surface area contributed by atoms with E-state index in [-0.39, 0.29) is 47.4 Å². The van der Waals surface area contributed by atoms with Gasteiger partial charge in [0.15, 0.2) is 5.78 Å². The summed E-state index contributed by atoms with van der Waals surface area (Å²) in [5, 5.41) is 1.10. The third-order valence-electron chi connectivity index (χ3n) is 7.12. The Morgan fingerprint density at radius 3 is 2.57 bits per heavy atom. The maximum absolute atomic E-state index is 15.0. The van der Waals surface area contributed by atoms with Gasteiger partial charge in [-0.05, 0) is 49.4 Å². The number of rotatable bonds is 7. The van der Waals surface area contributed by atoms with Crippen molar-refractivity contribution in [1.29, 1.82) is 0 Å². The van der Waals surface area contributed by atoms with Gasteiger partial charge in [-0.3, -0.25) is 14.4 Å². The van der Waals surface area contributed by atoms with Gasteiger partial charge in [0.05, 0.1) is 24.7 Å². The molecule has 10 heteroatoms. The number of ketones is 1. The van der Waals surface area contributed by atoms with Crippen molar-refractivity contribution >= 4 is 46.1 Å². The van der Waals surface area contributed by atoms with E-state index >= 15 is 0 Å². The van der Waals surface area contributed by atoms with Gasteiger partial charge in [-0.25, -0.2) is 4.79 Å². The zero-order valence-electron chi connectivity index (χ0n) is 20.3. The lowest BCUT2D eigenvalue weighted by atomic mass is 10.1. The van der Waals surface area contributed by atoms with Gasteiger partial charge in [0.1, 0.15) is 12.6 Å². The molecule has 0 N–H and O–H groups in total. The number of halogens is 2. The molecule has 3 aromatic rings. The topological polar surface area (TPSA) is 88.9 Å². The fourth-order valence-corrected chi connectivity index (χ4v) is 5.55. The Morgan fingerprint density at radius 1 is 1.11 bits per heavy atom.